The van der Waals surface area contributed by atoms with E-state index in [2.05, 4.69) is 25.7 Å². The Kier molecular flexibility index (Phi) is 5.43. The largest absolute Gasteiger partial charge is 0.324 e. The number of nitrogens with zero attached hydrogens (tertiary/aromatic N) is 5. The Morgan fingerprint density at radius 3 is 2.54 bits per heavy atom. The molecule has 3 aromatic rings. The highest BCUT2D eigenvalue weighted by Gasteiger charge is 2.28. The number of amides is 1. The summed E-state index contributed by atoms with van der Waals surface area (Å²) in [5.74, 6) is 0.678. The van der Waals surface area contributed by atoms with Crippen LogP contribution in [0.4, 0.5) is 5.69 Å². The molecule has 0 spiro atoms. The van der Waals surface area contributed by atoms with Gasteiger partial charge in [-0.15, -0.1) is 5.10 Å². The van der Waals surface area contributed by atoms with E-state index in [1.807, 2.05) is 61.5 Å². The van der Waals surface area contributed by atoms with Crippen molar-refractivity contribution in [3.05, 3.63) is 66.0 Å². The van der Waals surface area contributed by atoms with E-state index >= 15 is 0 Å². The molecule has 1 amide bonds. The van der Waals surface area contributed by atoms with Crippen molar-refractivity contribution in [1.29, 1.82) is 0 Å². The number of hydrogen-bond donors (Lipinski definition) is 1. The van der Waals surface area contributed by atoms with Gasteiger partial charge in [-0.2, -0.15) is 4.68 Å². The number of carbonyl (C=O) groups is 1. The van der Waals surface area contributed by atoms with E-state index in [0.29, 0.717) is 5.82 Å². The van der Waals surface area contributed by atoms with Crippen LogP contribution >= 0.6 is 0 Å². The van der Waals surface area contributed by atoms with E-state index in [-0.39, 0.29) is 11.9 Å². The molecule has 2 heterocycles. The third-order valence-corrected chi connectivity index (χ3v) is 5.10. The normalized spacial score (nSPS) is 15.9. The number of anilines is 1. The van der Waals surface area contributed by atoms with Gasteiger partial charge in [0.05, 0.1) is 5.69 Å². The number of nitrogens with one attached hydrogen (secondary N) is 1. The number of rotatable bonds is 5. The minimum atomic E-state index is -0.292. The van der Waals surface area contributed by atoms with Crippen LogP contribution < -0.4 is 5.32 Å². The zero-order chi connectivity index (χ0) is 19.3. The molecule has 1 aromatic heterocycles. The van der Waals surface area contributed by atoms with E-state index in [0.717, 1.165) is 42.9 Å². The Balaban J connectivity index is 1.59. The average molecular weight is 376 g/mol. The van der Waals surface area contributed by atoms with Crippen molar-refractivity contribution in [2.75, 3.05) is 18.4 Å². The molecule has 1 unspecified atom stereocenters. The van der Waals surface area contributed by atoms with E-state index in [1.165, 1.54) is 6.42 Å². The van der Waals surface area contributed by atoms with Crippen LogP contribution in [0.25, 0.3) is 5.69 Å². The van der Waals surface area contributed by atoms with Crippen LogP contribution in [0.1, 0.15) is 36.7 Å². The summed E-state index contributed by atoms with van der Waals surface area (Å²) in [6.07, 6.45) is 3.49. The lowest BCUT2D eigenvalue weighted by molar-refractivity contribution is -0.122. The van der Waals surface area contributed by atoms with Crippen molar-refractivity contribution >= 4 is 11.6 Å². The van der Waals surface area contributed by atoms with Gasteiger partial charge in [0.25, 0.3) is 0 Å². The lowest BCUT2D eigenvalue weighted by atomic mass is 10.0. The van der Waals surface area contributed by atoms with Gasteiger partial charge >= 0.3 is 0 Å². The molecule has 0 saturated carbocycles. The number of likely N-dealkylation sites (tertiary alicyclic amines) is 1. The first-order valence-electron chi connectivity index (χ1n) is 9.68. The predicted octanol–water partition coefficient (Wildman–Crippen LogP) is 3.14. The monoisotopic (exact) mass is 376 g/mol. The maximum atomic E-state index is 13.3. The summed E-state index contributed by atoms with van der Waals surface area (Å²) < 4.78 is 1.65. The molecule has 4 rings (SSSR count). The minimum absolute atomic E-state index is 0.0151. The van der Waals surface area contributed by atoms with Gasteiger partial charge in [-0.1, -0.05) is 42.8 Å². The Labute approximate surface area is 164 Å². The molecule has 0 bridgehead atoms. The fourth-order valence-electron chi connectivity index (χ4n) is 3.74. The molecular weight excluding hydrogens is 352 g/mol. The van der Waals surface area contributed by atoms with E-state index < -0.39 is 0 Å². The molecular formula is C21H24N6O. The van der Waals surface area contributed by atoms with Crippen LogP contribution in [-0.4, -0.2) is 44.1 Å². The molecule has 144 valence electrons. The summed E-state index contributed by atoms with van der Waals surface area (Å²) in [4.78, 5) is 15.6. The molecule has 7 heteroatoms. The lowest BCUT2D eigenvalue weighted by Crippen LogP contribution is -2.40. The van der Waals surface area contributed by atoms with Crippen molar-refractivity contribution in [1.82, 2.24) is 25.1 Å². The second-order valence-electron chi connectivity index (χ2n) is 7.09. The lowest BCUT2D eigenvalue weighted by Gasteiger charge is -2.34. The minimum Gasteiger partial charge on any atom is -0.324 e. The van der Waals surface area contributed by atoms with Gasteiger partial charge in [0, 0.05) is 5.69 Å². The molecule has 28 heavy (non-hydrogen) atoms. The summed E-state index contributed by atoms with van der Waals surface area (Å²) in [5.41, 5.74) is 2.57. The van der Waals surface area contributed by atoms with Gasteiger partial charge in [0.15, 0.2) is 5.82 Å². The Morgan fingerprint density at radius 1 is 1.04 bits per heavy atom. The number of aryl methyl sites for hydroxylation is 1. The Bertz CT molecular complexity index is 933. The number of piperidine rings is 1. The maximum absolute atomic E-state index is 13.3. The van der Waals surface area contributed by atoms with Crippen LogP contribution in [-0.2, 0) is 4.79 Å². The van der Waals surface area contributed by atoms with Crippen molar-refractivity contribution in [3.63, 3.8) is 0 Å². The standard InChI is InChI=1S/C21H24N6O/c1-16-23-24-25-27(16)19-12-8-11-18(15-19)22-21(28)20(17-9-4-2-5-10-17)26-13-6-3-7-14-26/h2,4-5,8-12,15,20H,3,6-7,13-14H2,1H3,(H,22,28). The van der Waals surface area contributed by atoms with Crippen LogP contribution in [0.3, 0.4) is 0 Å². The summed E-state index contributed by atoms with van der Waals surface area (Å²) >= 11 is 0. The second kappa shape index (κ2) is 8.31. The first kappa shape index (κ1) is 18.3. The van der Waals surface area contributed by atoms with Crippen molar-refractivity contribution < 1.29 is 4.79 Å². The third-order valence-electron chi connectivity index (χ3n) is 5.10. The quantitative estimate of drug-likeness (QED) is 0.740. The fraction of sp³-hybridized carbons (Fsp3) is 0.333. The van der Waals surface area contributed by atoms with E-state index in [4.69, 9.17) is 0 Å². The van der Waals surface area contributed by atoms with E-state index in [1.54, 1.807) is 4.68 Å². The van der Waals surface area contributed by atoms with Crippen molar-refractivity contribution in [2.45, 2.75) is 32.2 Å². The fourth-order valence-corrected chi connectivity index (χ4v) is 3.74. The highest BCUT2D eigenvalue weighted by Crippen LogP contribution is 2.26. The highest BCUT2D eigenvalue weighted by molar-refractivity contribution is 5.95. The smallest absolute Gasteiger partial charge is 0.246 e. The molecule has 2 aromatic carbocycles. The first-order valence-corrected chi connectivity index (χ1v) is 9.68. The summed E-state index contributed by atoms with van der Waals surface area (Å²) in [6.45, 7) is 3.72. The van der Waals surface area contributed by atoms with Gasteiger partial charge < -0.3 is 5.32 Å². The topological polar surface area (TPSA) is 75.9 Å². The summed E-state index contributed by atoms with van der Waals surface area (Å²) in [7, 11) is 0. The number of carbonyl (C=O) groups excluding carboxylic acids is 1. The SMILES string of the molecule is Cc1nnnn1-c1cccc(NC(=O)C(c2ccccc2)N2CCCCC2)c1. The molecule has 1 aliphatic heterocycles. The number of tetrazole rings is 1. The van der Waals surface area contributed by atoms with E-state index in [9.17, 15) is 4.79 Å². The van der Waals surface area contributed by atoms with Crippen LogP contribution in [0, 0.1) is 6.92 Å². The molecule has 0 radical (unpaired) electrons. The molecule has 7 nitrogen and oxygen atoms in total. The van der Waals surface area contributed by atoms with Gasteiger partial charge in [-0.3, -0.25) is 9.69 Å². The molecule has 0 aliphatic carbocycles. The molecule has 1 atom stereocenters. The highest BCUT2D eigenvalue weighted by atomic mass is 16.2. The first-order chi connectivity index (χ1) is 13.7. The molecule has 1 N–H and O–H groups in total. The summed E-state index contributed by atoms with van der Waals surface area (Å²) in [5, 5.41) is 14.7. The van der Waals surface area contributed by atoms with Crippen LogP contribution in [0.2, 0.25) is 0 Å². The zero-order valence-electron chi connectivity index (χ0n) is 16.0. The van der Waals surface area contributed by atoms with Gasteiger partial charge in [0.1, 0.15) is 6.04 Å². The van der Waals surface area contributed by atoms with Crippen molar-refractivity contribution in [3.8, 4) is 5.69 Å². The molecule has 1 aliphatic rings. The Hall–Kier alpha value is -3.06. The molecule has 1 fully saturated rings. The van der Waals surface area contributed by atoms with Gasteiger partial charge in [0.2, 0.25) is 5.91 Å². The predicted molar refractivity (Wildman–Crippen MR) is 107 cm³/mol. The van der Waals surface area contributed by atoms with Crippen LogP contribution in [0.5, 0.6) is 0 Å². The zero-order valence-corrected chi connectivity index (χ0v) is 16.0. The maximum Gasteiger partial charge on any atom is 0.246 e. The van der Waals surface area contributed by atoms with Crippen LogP contribution in [0.15, 0.2) is 54.6 Å². The van der Waals surface area contributed by atoms with Gasteiger partial charge in [-0.05, 0) is 67.0 Å². The third kappa shape index (κ3) is 3.94. The molecule has 1 saturated heterocycles. The summed E-state index contributed by atoms with van der Waals surface area (Å²) in [6, 6.07) is 17.3. The number of aromatic nitrogens is 4. The second-order valence-corrected chi connectivity index (χ2v) is 7.09. The van der Waals surface area contributed by atoms with Crippen molar-refractivity contribution in [2.24, 2.45) is 0 Å². The average Bonchev–Trinajstić information content (AvgIpc) is 3.16. The Morgan fingerprint density at radius 2 is 1.82 bits per heavy atom. The number of benzene rings is 2. The van der Waals surface area contributed by atoms with Gasteiger partial charge in [-0.25, -0.2) is 0 Å². The number of hydrogen-bond acceptors (Lipinski definition) is 5.